The lowest BCUT2D eigenvalue weighted by molar-refractivity contribution is 0.114. The maximum Gasteiger partial charge on any atom is 0.343 e. The van der Waals surface area contributed by atoms with Gasteiger partial charge in [-0.15, -0.1) is 0 Å². The van der Waals surface area contributed by atoms with Gasteiger partial charge < -0.3 is 15.6 Å². The minimum absolute atomic E-state index is 0.0817. The van der Waals surface area contributed by atoms with Gasteiger partial charge in [0.1, 0.15) is 0 Å². The molecule has 29 heavy (non-hydrogen) atoms. The predicted octanol–water partition coefficient (Wildman–Crippen LogP) is 3.47. The number of benzene rings is 2. The number of fused-ring (bicyclic) bond motifs is 1. The summed E-state index contributed by atoms with van der Waals surface area (Å²) in [7, 11) is 1.36. The van der Waals surface area contributed by atoms with E-state index in [2.05, 4.69) is 29.5 Å². The molecule has 0 aliphatic carbocycles. The molecule has 3 rings (SSSR count). The molecule has 0 radical (unpaired) electrons. The molecular formula is C22H26N4O3. The van der Waals surface area contributed by atoms with Crippen LogP contribution in [0, 0.1) is 5.92 Å². The average Bonchev–Trinajstić information content (AvgIpc) is 2.70. The number of amides is 2. The molecule has 1 heterocycles. The minimum atomic E-state index is -0.500. The number of pyridine rings is 1. The molecule has 0 bridgehead atoms. The van der Waals surface area contributed by atoms with Crippen LogP contribution in [0.5, 0.6) is 0 Å². The fourth-order valence-electron chi connectivity index (χ4n) is 3.52. The van der Waals surface area contributed by atoms with Crippen molar-refractivity contribution >= 4 is 22.5 Å². The SMILES string of the molecule is CONC(=O)Nc1ccc2c(=O)n(CC(C)C)c(CN)c(-c3ccccc3)c2c1. The van der Waals surface area contributed by atoms with E-state index in [1.165, 1.54) is 7.11 Å². The first-order valence-corrected chi connectivity index (χ1v) is 9.51. The Morgan fingerprint density at radius 3 is 2.48 bits per heavy atom. The number of rotatable bonds is 6. The van der Waals surface area contributed by atoms with Crippen molar-refractivity contribution in [2.24, 2.45) is 11.7 Å². The average molecular weight is 394 g/mol. The second-order valence-corrected chi connectivity index (χ2v) is 7.22. The summed E-state index contributed by atoms with van der Waals surface area (Å²) in [6.45, 7) is 4.95. The predicted molar refractivity (Wildman–Crippen MR) is 116 cm³/mol. The first-order valence-electron chi connectivity index (χ1n) is 9.51. The van der Waals surface area contributed by atoms with Crippen LogP contribution < -0.4 is 22.1 Å². The molecule has 3 aromatic rings. The molecule has 0 unspecified atom stereocenters. The largest absolute Gasteiger partial charge is 0.343 e. The topological polar surface area (TPSA) is 98.4 Å². The van der Waals surface area contributed by atoms with Crippen LogP contribution in [0.15, 0.2) is 53.3 Å². The number of nitrogens with two attached hydrogens (primary N) is 1. The van der Waals surface area contributed by atoms with E-state index >= 15 is 0 Å². The van der Waals surface area contributed by atoms with E-state index in [1.807, 2.05) is 30.3 Å². The zero-order chi connectivity index (χ0) is 21.0. The van der Waals surface area contributed by atoms with Crippen LogP contribution >= 0.6 is 0 Å². The number of nitrogens with one attached hydrogen (secondary N) is 2. The van der Waals surface area contributed by atoms with Gasteiger partial charge in [0.2, 0.25) is 0 Å². The Kier molecular flexibility index (Phi) is 6.31. The molecule has 152 valence electrons. The number of carbonyl (C=O) groups is 1. The van der Waals surface area contributed by atoms with E-state index < -0.39 is 6.03 Å². The van der Waals surface area contributed by atoms with E-state index in [9.17, 15) is 9.59 Å². The number of hydrogen-bond donors (Lipinski definition) is 3. The van der Waals surface area contributed by atoms with Gasteiger partial charge in [0.15, 0.2) is 0 Å². The summed E-state index contributed by atoms with van der Waals surface area (Å²) < 4.78 is 1.78. The van der Waals surface area contributed by atoms with Gasteiger partial charge >= 0.3 is 6.03 Å². The van der Waals surface area contributed by atoms with Crippen LogP contribution in [-0.2, 0) is 17.9 Å². The summed E-state index contributed by atoms with van der Waals surface area (Å²) in [6, 6.07) is 14.6. The highest BCUT2D eigenvalue weighted by atomic mass is 16.6. The van der Waals surface area contributed by atoms with Crippen LogP contribution in [0.1, 0.15) is 19.5 Å². The Hall–Kier alpha value is -3.16. The second-order valence-electron chi connectivity index (χ2n) is 7.22. The summed E-state index contributed by atoms with van der Waals surface area (Å²) >= 11 is 0. The van der Waals surface area contributed by atoms with E-state index in [4.69, 9.17) is 5.73 Å². The molecule has 7 nitrogen and oxygen atoms in total. The van der Waals surface area contributed by atoms with Gasteiger partial charge in [-0.1, -0.05) is 44.2 Å². The van der Waals surface area contributed by atoms with Crippen LogP contribution in [0.2, 0.25) is 0 Å². The van der Waals surface area contributed by atoms with E-state index in [0.29, 0.717) is 17.6 Å². The van der Waals surface area contributed by atoms with Gasteiger partial charge in [0, 0.05) is 35.4 Å². The van der Waals surface area contributed by atoms with E-state index in [0.717, 1.165) is 22.2 Å². The minimum Gasteiger partial charge on any atom is -0.325 e. The van der Waals surface area contributed by atoms with Gasteiger partial charge in [-0.05, 0) is 35.1 Å². The van der Waals surface area contributed by atoms with Gasteiger partial charge in [0.05, 0.1) is 7.11 Å². The van der Waals surface area contributed by atoms with Gasteiger partial charge in [-0.3, -0.25) is 9.63 Å². The molecule has 0 fully saturated rings. The number of carbonyl (C=O) groups excluding carboxylic acids is 1. The molecule has 0 saturated heterocycles. The second kappa shape index (κ2) is 8.89. The molecule has 1 aromatic heterocycles. The molecule has 7 heteroatoms. The molecule has 0 aliphatic heterocycles. The third-order valence-corrected chi connectivity index (χ3v) is 4.64. The summed E-state index contributed by atoms with van der Waals surface area (Å²) in [5.41, 5.74) is 11.5. The lowest BCUT2D eigenvalue weighted by Crippen LogP contribution is -2.29. The number of hydrogen-bond acceptors (Lipinski definition) is 4. The quantitative estimate of drug-likeness (QED) is 0.558. The fourth-order valence-corrected chi connectivity index (χ4v) is 3.52. The van der Waals surface area contributed by atoms with Gasteiger partial charge in [-0.25, -0.2) is 10.3 Å². The smallest absolute Gasteiger partial charge is 0.325 e. The monoisotopic (exact) mass is 394 g/mol. The van der Waals surface area contributed by atoms with Crippen molar-refractivity contribution in [1.29, 1.82) is 0 Å². The molecule has 0 atom stereocenters. The Balaban J connectivity index is 2.32. The van der Waals surface area contributed by atoms with Gasteiger partial charge in [0.25, 0.3) is 5.56 Å². The van der Waals surface area contributed by atoms with Gasteiger partial charge in [-0.2, -0.15) is 0 Å². The van der Waals surface area contributed by atoms with Crippen LogP contribution in [0.4, 0.5) is 10.5 Å². The Morgan fingerprint density at radius 2 is 1.86 bits per heavy atom. The summed E-state index contributed by atoms with van der Waals surface area (Å²) in [5.74, 6) is 0.290. The van der Waals surface area contributed by atoms with Crippen LogP contribution in [0.25, 0.3) is 21.9 Å². The number of hydroxylamine groups is 1. The highest BCUT2D eigenvalue weighted by Gasteiger charge is 2.18. The normalized spacial score (nSPS) is 11.1. The van der Waals surface area contributed by atoms with E-state index in [1.54, 1.807) is 22.8 Å². The third-order valence-electron chi connectivity index (χ3n) is 4.64. The van der Waals surface area contributed by atoms with Crippen molar-refractivity contribution in [2.75, 3.05) is 12.4 Å². The van der Waals surface area contributed by atoms with Crippen molar-refractivity contribution in [3.63, 3.8) is 0 Å². The maximum absolute atomic E-state index is 13.3. The Morgan fingerprint density at radius 1 is 1.14 bits per heavy atom. The number of anilines is 1. The summed E-state index contributed by atoms with van der Waals surface area (Å²) in [4.78, 5) is 29.7. The maximum atomic E-state index is 13.3. The molecular weight excluding hydrogens is 368 g/mol. The highest BCUT2D eigenvalue weighted by Crippen LogP contribution is 2.32. The summed E-state index contributed by atoms with van der Waals surface area (Å²) in [5, 5.41) is 4.03. The lowest BCUT2D eigenvalue weighted by atomic mass is 9.96. The zero-order valence-electron chi connectivity index (χ0n) is 16.9. The summed E-state index contributed by atoms with van der Waals surface area (Å²) in [6.07, 6.45) is 0. The number of aromatic nitrogens is 1. The molecule has 2 aromatic carbocycles. The first-order chi connectivity index (χ1) is 14.0. The highest BCUT2D eigenvalue weighted by molar-refractivity contribution is 6.01. The Labute approximate surface area is 169 Å². The molecule has 0 aliphatic rings. The lowest BCUT2D eigenvalue weighted by Gasteiger charge is -2.21. The molecule has 0 spiro atoms. The zero-order valence-corrected chi connectivity index (χ0v) is 16.9. The standard InChI is InChI=1S/C22H26N4O3/c1-14(2)13-26-19(12-23)20(15-7-5-4-6-8-15)18-11-16(24-22(28)25-29-3)9-10-17(18)21(26)27/h4-11,14H,12-13,23H2,1-3H3,(H2,24,25,28). The van der Waals surface area contributed by atoms with Crippen molar-refractivity contribution < 1.29 is 9.63 Å². The van der Waals surface area contributed by atoms with Crippen LogP contribution in [-0.4, -0.2) is 17.7 Å². The van der Waals surface area contributed by atoms with Crippen molar-refractivity contribution in [1.82, 2.24) is 10.0 Å². The number of nitrogens with zero attached hydrogens (tertiary/aromatic N) is 1. The fraction of sp³-hybridized carbons (Fsp3) is 0.273. The molecule has 2 amide bonds. The first kappa shape index (κ1) is 20.6. The van der Waals surface area contributed by atoms with Crippen molar-refractivity contribution in [3.8, 4) is 11.1 Å². The van der Waals surface area contributed by atoms with Crippen molar-refractivity contribution in [2.45, 2.75) is 26.9 Å². The molecule has 4 N–H and O–H groups in total. The van der Waals surface area contributed by atoms with Crippen LogP contribution in [0.3, 0.4) is 0 Å². The third kappa shape index (κ3) is 4.31. The number of urea groups is 1. The van der Waals surface area contributed by atoms with E-state index in [-0.39, 0.29) is 18.0 Å². The molecule has 0 saturated carbocycles. The van der Waals surface area contributed by atoms with Crippen molar-refractivity contribution in [3.05, 3.63) is 64.6 Å². The Bertz CT molecular complexity index is 1070.